The zero-order valence-electron chi connectivity index (χ0n) is 16.5. The van der Waals surface area contributed by atoms with Crippen LogP contribution in [0.2, 0.25) is 0 Å². The Kier molecular flexibility index (Phi) is 7.20. The maximum atomic E-state index is 13.0. The number of benzene rings is 1. The van der Waals surface area contributed by atoms with E-state index in [1.165, 1.54) is 38.5 Å². The lowest BCUT2D eigenvalue weighted by Gasteiger charge is -2.37. The molecule has 0 saturated carbocycles. The highest BCUT2D eigenvalue weighted by Crippen LogP contribution is 2.30. The average Bonchev–Trinajstić information content (AvgIpc) is 2.66. The van der Waals surface area contributed by atoms with Gasteiger partial charge in [-0.25, -0.2) is 18.0 Å². The van der Waals surface area contributed by atoms with Crippen molar-refractivity contribution in [2.45, 2.75) is 50.1 Å². The minimum Gasteiger partial charge on any atom is -0.466 e. The molecular weight excluding hydrogens is 384 g/mol. The molecule has 0 aliphatic carbocycles. The van der Waals surface area contributed by atoms with E-state index in [1.807, 2.05) is 13.8 Å². The molecule has 1 aromatic carbocycles. The Balaban J connectivity index is 2.25. The third kappa shape index (κ3) is 4.90. The van der Waals surface area contributed by atoms with Gasteiger partial charge in [-0.2, -0.15) is 4.31 Å². The van der Waals surface area contributed by atoms with Crippen LogP contribution < -0.4 is 5.32 Å². The van der Waals surface area contributed by atoms with Crippen molar-refractivity contribution in [2.75, 3.05) is 19.5 Å². The van der Waals surface area contributed by atoms with Gasteiger partial charge in [-0.3, -0.25) is 0 Å². The van der Waals surface area contributed by atoms with E-state index in [2.05, 4.69) is 14.8 Å². The fraction of sp³-hybridized carbons (Fsp3) is 0.474. The lowest BCUT2D eigenvalue weighted by Crippen LogP contribution is -2.47. The molecule has 0 radical (unpaired) electrons. The van der Waals surface area contributed by atoms with Gasteiger partial charge >= 0.3 is 11.9 Å². The van der Waals surface area contributed by atoms with Crippen molar-refractivity contribution in [3.63, 3.8) is 0 Å². The third-order valence-electron chi connectivity index (χ3n) is 4.69. The number of anilines is 1. The highest BCUT2D eigenvalue weighted by Gasteiger charge is 2.35. The van der Waals surface area contributed by atoms with Crippen LogP contribution in [0.5, 0.6) is 0 Å². The molecule has 0 bridgehead atoms. The Bertz CT molecular complexity index is 838. The van der Waals surface area contributed by atoms with Crippen molar-refractivity contribution in [1.29, 1.82) is 0 Å². The second kappa shape index (κ2) is 9.20. The first-order valence-corrected chi connectivity index (χ1v) is 10.4. The number of piperidine rings is 1. The fourth-order valence-corrected chi connectivity index (χ4v) is 5.17. The number of carbonyl (C=O) groups is 2. The number of ether oxygens (including phenoxy) is 2. The van der Waals surface area contributed by atoms with Crippen LogP contribution in [0.1, 0.15) is 33.1 Å². The predicted octanol–water partition coefficient (Wildman–Crippen LogP) is 2.28. The van der Waals surface area contributed by atoms with Crippen LogP contribution in [0, 0.1) is 0 Å². The molecule has 0 amide bonds. The highest BCUT2D eigenvalue weighted by atomic mass is 32.2. The Morgan fingerprint density at radius 2 is 1.64 bits per heavy atom. The predicted molar refractivity (Wildman–Crippen MR) is 104 cm³/mol. The lowest BCUT2D eigenvalue weighted by molar-refractivity contribution is -0.138. The molecule has 2 atom stereocenters. The summed E-state index contributed by atoms with van der Waals surface area (Å²) < 4.78 is 36.8. The molecule has 0 aromatic heterocycles. The van der Waals surface area contributed by atoms with Crippen LogP contribution in [0.4, 0.5) is 5.69 Å². The van der Waals surface area contributed by atoms with Crippen LogP contribution in [0.25, 0.3) is 0 Å². The number of hydrogen-bond acceptors (Lipinski definition) is 7. The van der Waals surface area contributed by atoms with Crippen LogP contribution in [0.3, 0.4) is 0 Å². The topological polar surface area (TPSA) is 102 Å². The molecular formula is C19H26N2O6S. The maximum Gasteiger partial charge on any atom is 0.354 e. The molecule has 1 aliphatic rings. The van der Waals surface area contributed by atoms with E-state index < -0.39 is 22.0 Å². The van der Waals surface area contributed by atoms with Crippen LogP contribution in [-0.2, 0) is 29.1 Å². The van der Waals surface area contributed by atoms with Crippen molar-refractivity contribution in [3.05, 3.63) is 36.0 Å². The number of sulfonamides is 1. The SMILES string of the molecule is COC(=O)/C=C(/Nc1ccc(S(=O)(=O)N2C(C)CCCC2C)cc1)C(=O)OC. The Hall–Kier alpha value is -2.39. The molecule has 154 valence electrons. The normalized spacial score (nSPS) is 21.1. The van der Waals surface area contributed by atoms with Crippen molar-refractivity contribution in [3.8, 4) is 0 Å². The highest BCUT2D eigenvalue weighted by molar-refractivity contribution is 7.89. The van der Waals surface area contributed by atoms with E-state index >= 15 is 0 Å². The van der Waals surface area contributed by atoms with Crippen molar-refractivity contribution >= 4 is 27.6 Å². The number of esters is 2. The quantitative estimate of drug-likeness (QED) is 0.567. The molecule has 28 heavy (non-hydrogen) atoms. The fourth-order valence-electron chi connectivity index (χ4n) is 3.29. The van der Waals surface area contributed by atoms with Crippen molar-refractivity contribution in [1.82, 2.24) is 4.31 Å². The molecule has 1 saturated heterocycles. The molecule has 9 heteroatoms. The number of nitrogens with one attached hydrogen (secondary N) is 1. The minimum absolute atomic E-state index is 0.0551. The van der Waals surface area contributed by atoms with Gasteiger partial charge in [0.2, 0.25) is 10.0 Å². The molecule has 1 N–H and O–H groups in total. The summed E-state index contributed by atoms with van der Waals surface area (Å²) in [6.45, 7) is 3.84. The Morgan fingerprint density at radius 1 is 1.07 bits per heavy atom. The van der Waals surface area contributed by atoms with E-state index in [-0.39, 0.29) is 22.7 Å². The summed E-state index contributed by atoms with van der Waals surface area (Å²) >= 11 is 0. The van der Waals surface area contributed by atoms with Gasteiger partial charge in [0.25, 0.3) is 0 Å². The second-order valence-corrected chi connectivity index (χ2v) is 8.53. The summed E-state index contributed by atoms with van der Waals surface area (Å²) in [5, 5.41) is 2.75. The van der Waals surface area contributed by atoms with Gasteiger partial charge in [0.15, 0.2) is 0 Å². The summed E-state index contributed by atoms with van der Waals surface area (Å²) in [5.41, 5.74) is 0.308. The zero-order chi connectivity index (χ0) is 20.9. The van der Waals surface area contributed by atoms with E-state index in [1.54, 1.807) is 4.31 Å². The van der Waals surface area contributed by atoms with Gasteiger partial charge in [-0.1, -0.05) is 6.42 Å². The summed E-state index contributed by atoms with van der Waals surface area (Å²) in [4.78, 5) is 23.4. The monoisotopic (exact) mass is 410 g/mol. The van der Waals surface area contributed by atoms with Gasteiger partial charge in [0, 0.05) is 17.8 Å². The summed E-state index contributed by atoms with van der Waals surface area (Å²) in [7, 11) is -1.25. The Labute approximate surface area is 165 Å². The lowest BCUT2D eigenvalue weighted by atomic mass is 10.0. The van der Waals surface area contributed by atoms with E-state index in [9.17, 15) is 18.0 Å². The molecule has 8 nitrogen and oxygen atoms in total. The molecule has 1 fully saturated rings. The molecule has 2 unspecified atom stereocenters. The molecule has 0 spiro atoms. The van der Waals surface area contributed by atoms with Gasteiger partial charge in [0.1, 0.15) is 5.70 Å². The van der Waals surface area contributed by atoms with Gasteiger partial charge in [-0.15, -0.1) is 0 Å². The first-order valence-electron chi connectivity index (χ1n) is 8.99. The summed E-state index contributed by atoms with van der Waals surface area (Å²) in [5.74, 6) is -1.47. The van der Waals surface area contributed by atoms with Crippen LogP contribution in [0.15, 0.2) is 40.9 Å². The molecule has 1 aliphatic heterocycles. The molecule has 1 heterocycles. The van der Waals surface area contributed by atoms with Gasteiger partial charge in [0.05, 0.1) is 25.2 Å². The first kappa shape index (κ1) is 21.9. The smallest absolute Gasteiger partial charge is 0.354 e. The van der Waals surface area contributed by atoms with Crippen LogP contribution in [-0.4, -0.2) is 51.0 Å². The average molecular weight is 410 g/mol. The van der Waals surface area contributed by atoms with E-state index in [4.69, 9.17) is 0 Å². The number of methoxy groups -OCH3 is 2. The number of hydrogen-bond donors (Lipinski definition) is 1. The number of carbonyl (C=O) groups excluding carboxylic acids is 2. The minimum atomic E-state index is -3.62. The number of nitrogens with zero attached hydrogens (tertiary/aromatic N) is 1. The van der Waals surface area contributed by atoms with Crippen LogP contribution >= 0.6 is 0 Å². The standard InChI is InChI=1S/C19H26N2O6S/c1-13-6-5-7-14(2)21(13)28(24,25)16-10-8-15(9-11-16)20-17(19(23)27-4)12-18(22)26-3/h8-14,20H,5-7H2,1-4H3/b17-12+. The largest absolute Gasteiger partial charge is 0.466 e. The first-order chi connectivity index (χ1) is 13.2. The Morgan fingerprint density at radius 3 is 2.14 bits per heavy atom. The third-order valence-corrected chi connectivity index (χ3v) is 6.83. The summed E-state index contributed by atoms with van der Waals surface area (Å²) in [6, 6.07) is 5.89. The van der Waals surface area contributed by atoms with E-state index in [0.29, 0.717) is 5.69 Å². The number of rotatable bonds is 6. The zero-order valence-corrected chi connectivity index (χ0v) is 17.3. The molecule has 1 aromatic rings. The molecule has 2 rings (SSSR count). The second-order valence-electron chi connectivity index (χ2n) is 6.69. The van der Waals surface area contributed by atoms with Gasteiger partial charge < -0.3 is 14.8 Å². The van der Waals surface area contributed by atoms with E-state index in [0.717, 1.165) is 25.3 Å². The van der Waals surface area contributed by atoms with Crippen molar-refractivity contribution in [2.24, 2.45) is 0 Å². The maximum absolute atomic E-state index is 13.0. The summed E-state index contributed by atoms with van der Waals surface area (Å²) in [6.07, 6.45) is 3.65. The van der Waals surface area contributed by atoms with Gasteiger partial charge in [-0.05, 0) is 51.0 Å². The van der Waals surface area contributed by atoms with Crippen molar-refractivity contribution < 1.29 is 27.5 Å².